The highest BCUT2D eigenvalue weighted by Gasteiger charge is 2.15. The molecule has 0 aliphatic carbocycles. The lowest BCUT2D eigenvalue weighted by atomic mass is 10.2. The lowest BCUT2D eigenvalue weighted by Gasteiger charge is -2.00. The van der Waals surface area contributed by atoms with Gasteiger partial charge in [-0.25, -0.2) is 4.79 Å². The van der Waals surface area contributed by atoms with Crippen LogP contribution in [0.25, 0.3) is 17.1 Å². The fraction of sp³-hybridized carbons (Fsp3) is 0. The SMILES string of the molecule is O=c1oc(-c2ccccc2Cl)nn1-c1ccccc1Cl. The quantitative estimate of drug-likeness (QED) is 0.723. The van der Waals surface area contributed by atoms with Gasteiger partial charge in [-0.05, 0) is 24.3 Å². The van der Waals surface area contributed by atoms with E-state index < -0.39 is 5.76 Å². The van der Waals surface area contributed by atoms with Crippen molar-refractivity contribution in [3.05, 3.63) is 69.1 Å². The van der Waals surface area contributed by atoms with Gasteiger partial charge in [0.15, 0.2) is 0 Å². The van der Waals surface area contributed by atoms with Gasteiger partial charge in [-0.15, -0.1) is 5.10 Å². The van der Waals surface area contributed by atoms with E-state index in [9.17, 15) is 4.79 Å². The van der Waals surface area contributed by atoms with Crippen LogP contribution in [-0.2, 0) is 0 Å². The van der Waals surface area contributed by atoms with E-state index in [1.165, 1.54) is 0 Å². The first kappa shape index (κ1) is 13.0. The predicted octanol–water partition coefficient (Wildman–Crippen LogP) is 3.80. The highest BCUT2D eigenvalue weighted by atomic mass is 35.5. The fourth-order valence-electron chi connectivity index (χ4n) is 1.80. The van der Waals surface area contributed by atoms with Crippen LogP contribution in [-0.4, -0.2) is 9.78 Å². The van der Waals surface area contributed by atoms with E-state index in [-0.39, 0.29) is 5.89 Å². The van der Waals surface area contributed by atoms with Crippen molar-refractivity contribution in [2.75, 3.05) is 0 Å². The molecule has 4 nitrogen and oxygen atoms in total. The van der Waals surface area contributed by atoms with Crippen LogP contribution in [0.3, 0.4) is 0 Å². The standard InChI is InChI=1S/C14H8Cl2N2O2/c15-10-6-2-1-5-9(10)13-17-18(14(19)20-13)12-8-4-3-7-11(12)16/h1-8H. The van der Waals surface area contributed by atoms with Crippen LogP contribution in [0.2, 0.25) is 10.0 Å². The Morgan fingerprint density at radius 3 is 2.30 bits per heavy atom. The van der Waals surface area contributed by atoms with Crippen LogP contribution in [0.15, 0.2) is 57.7 Å². The molecule has 0 spiro atoms. The Hall–Kier alpha value is -2.04. The van der Waals surface area contributed by atoms with E-state index in [4.69, 9.17) is 27.6 Å². The molecule has 1 aromatic heterocycles. The van der Waals surface area contributed by atoms with E-state index in [1.807, 2.05) is 0 Å². The smallest absolute Gasteiger partial charge is 0.387 e. The van der Waals surface area contributed by atoms with E-state index in [0.29, 0.717) is 21.3 Å². The summed E-state index contributed by atoms with van der Waals surface area (Å²) in [6.45, 7) is 0. The zero-order chi connectivity index (χ0) is 14.1. The first-order valence-corrected chi connectivity index (χ1v) is 6.52. The molecule has 0 bridgehead atoms. The van der Waals surface area contributed by atoms with Gasteiger partial charge in [-0.3, -0.25) is 0 Å². The Morgan fingerprint density at radius 2 is 1.60 bits per heavy atom. The van der Waals surface area contributed by atoms with E-state index in [1.54, 1.807) is 48.5 Å². The normalized spacial score (nSPS) is 10.7. The van der Waals surface area contributed by atoms with Crippen molar-refractivity contribution in [2.24, 2.45) is 0 Å². The van der Waals surface area contributed by atoms with Crippen molar-refractivity contribution in [1.29, 1.82) is 0 Å². The molecule has 0 fully saturated rings. The van der Waals surface area contributed by atoms with Gasteiger partial charge in [0, 0.05) is 0 Å². The Labute approximate surface area is 124 Å². The zero-order valence-corrected chi connectivity index (χ0v) is 11.6. The summed E-state index contributed by atoms with van der Waals surface area (Å²) < 4.78 is 6.26. The molecule has 100 valence electrons. The second-order valence-electron chi connectivity index (χ2n) is 4.02. The second kappa shape index (κ2) is 5.15. The highest BCUT2D eigenvalue weighted by molar-refractivity contribution is 6.33. The third-order valence-electron chi connectivity index (χ3n) is 2.73. The maximum absolute atomic E-state index is 11.9. The minimum Gasteiger partial charge on any atom is -0.387 e. The number of nitrogens with zero attached hydrogens (tertiary/aromatic N) is 2. The summed E-state index contributed by atoms with van der Waals surface area (Å²) in [6, 6.07) is 13.9. The van der Waals surface area contributed by atoms with E-state index in [2.05, 4.69) is 5.10 Å². The molecule has 0 unspecified atom stereocenters. The maximum atomic E-state index is 11.9. The van der Waals surface area contributed by atoms with Gasteiger partial charge in [-0.2, -0.15) is 4.68 Å². The molecular weight excluding hydrogens is 299 g/mol. The summed E-state index contributed by atoms with van der Waals surface area (Å²) in [7, 11) is 0. The molecule has 1 heterocycles. The van der Waals surface area contributed by atoms with Gasteiger partial charge in [0.05, 0.1) is 21.3 Å². The van der Waals surface area contributed by atoms with Gasteiger partial charge in [0.1, 0.15) is 0 Å². The third-order valence-corrected chi connectivity index (χ3v) is 3.38. The Morgan fingerprint density at radius 1 is 0.950 bits per heavy atom. The number of hydrogen-bond acceptors (Lipinski definition) is 3. The van der Waals surface area contributed by atoms with Crippen molar-refractivity contribution in [2.45, 2.75) is 0 Å². The number of benzene rings is 2. The lowest BCUT2D eigenvalue weighted by Crippen LogP contribution is -2.13. The van der Waals surface area contributed by atoms with Crippen molar-refractivity contribution >= 4 is 23.2 Å². The topological polar surface area (TPSA) is 48.0 Å². The van der Waals surface area contributed by atoms with Crippen molar-refractivity contribution < 1.29 is 4.42 Å². The van der Waals surface area contributed by atoms with Crippen LogP contribution in [0, 0.1) is 0 Å². The summed E-state index contributed by atoms with van der Waals surface area (Å²) >= 11 is 12.1. The third kappa shape index (κ3) is 2.24. The number of aromatic nitrogens is 2. The van der Waals surface area contributed by atoms with Gasteiger partial charge < -0.3 is 4.42 Å². The summed E-state index contributed by atoms with van der Waals surface area (Å²) in [4.78, 5) is 11.9. The molecule has 0 saturated heterocycles. The van der Waals surface area contributed by atoms with Crippen LogP contribution >= 0.6 is 23.2 Å². The fourth-order valence-corrected chi connectivity index (χ4v) is 2.23. The molecule has 2 aromatic carbocycles. The van der Waals surface area contributed by atoms with Gasteiger partial charge in [0.25, 0.3) is 5.89 Å². The molecule has 0 amide bonds. The minimum absolute atomic E-state index is 0.153. The number of para-hydroxylation sites is 1. The molecule has 6 heteroatoms. The molecule has 3 rings (SSSR count). The summed E-state index contributed by atoms with van der Waals surface area (Å²) in [5.41, 5.74) is 1.01. The summed E-state index contributed by atoms with van der Waals surface area (Å²) in [6.07, 6.45) is 0. The molecule has 3 aromatic rings. The molecular formula is C14H8Cl2N2O2. The molecule has 0 N–H and O–H groups in total. The van der Waals surface area contributed by atoms with Gasteiger partial charge >= 0.3 is 5.76 Å². The number of halogens is 2. The Kier molecular flexibility index (Phi) is 3.34. The average molecular weight is 307 g/mol. The van der Waals surface area contributed by atoms with Gasteiger partial charge in [0.2, 0.25) is 0 Å². The van der Waals surface area contributed by atoms with Crippen LogP contribution in [0.1, 0.15) is 0 Å². The van der Waals surface area contributed by atoms with Crippen LogP contribution in [0.5, 0.6) is 0 Å². The van der Waals surface area contributed by atoms with Crippen LogP contribution in [0.4, 0.5) is 0 Å². The lowest BCUT2D eigenvalue weighted by molar-refractivity contribution is 0.516. The summed E-state index contributed by atoms with van der Waals surface area (Å²) in [5, 5.41) is 5.01. The average Bonchev–Trinajstić information content (AvgIpc) is 2.81. The molecule has 0 radical (unpaired) electrons. The minimum atomic E-state index is -0.618. The molecule has 0 aliphatic heterocycles. The van der Waals surface area contributed by atoms with Crippen molar-refractivity contribution in [3.63, 3.8) is 0 Å². The van der Waals surface area contributed by atoms with Crippen LogP contribution < -0.4 is 5.76 Å². The molecule has 0 atom stereocenters. The van der Waals surface area contributed by atoms with Crippen molar-refractivity contribution in [1.82, 2.24) is 9.78 Å². The highest BCUT2D eigenvalue weighted by Crippen LogP contribution is 2.26. The molecule has 0 aliphatic rings. The monoisotopic (exact) mass is 306 g/mol. The second-order valence-corrected chi connectivity index (χ2v) is 4.83. The number of rotatable bonds is 2. The molecule has 20 heavy (non-hydrogen) atoms. The predicted molar refractivity (Wildman–Crippen MR) is 77.6 cm³/mol. The van der Waals surface area contributed by atoms with E-state index >= 15 is 0 Å². The Balaban J connectivity index is 2.16. The zero-order valence-electron chi connectivity index (χ0n) is 10.1. The first-order valence-electron chi connectivity index (χ1n) is 5.77. The largest absolute Gasteiger partial charge is 0.442 e. The first-order chi connectivity index (χ1) is 9.66. The number of hydrogen-bond donors (Lipinski definition) is 0. The summed E-state index contributed by atoms with van der Waals surface area (Å²) in [5.74, 6) is -0.464. The van der Waals surface area contributed by atoms with Gasteiger partial charge in [-0.1, -0.05) is 47.5 Å². The van der Waals surface area contributed by atoms with Crippen molar-refractivity contribution in [3.8, 4) is 17.1 Å². The van der Waals surface area contributed by atoms with E-state index in [0.717, 1.165) is 4.68 Å². The Bertz CT molecular complexity index is 824. The maximum Gasteiger partial charge on any atom is 0.442 e. The molecule has 0 saturated carbocycles.